The summed E-state index contributed by atoms with van der Waals surface area (Å²) in [6.45, 7) is 4.54. The summed E-state index contributed by atoms with van der Waals surface area (Å²) in [6, 6.07) is 7.06. The van der Waals surface area contributed by atoms with E-state index in [9.17, 15) is 9.59 Å². The predicted octanol–water partition coefficient (Wildman–Crippen LogP) is 2.24. The summed E-state index contributed by atoms with van der Waals surface area (Å²) in [7, 11) is 0. The highest BCUT2D eigenvalue weighted by molar-refractivity contribution is 7.99. The molecule has 5 nitrogen and oxygen atoms in total. The lowest BCUT2D eigenvalue weighted by molar-refractivity contribution is -0.113. The highest BCUT2D eigenvalue weighted by Crippen LogP contribution is 2.13. The minimum atomic E-state index is -0.00861. The van der Waals surface area contributed by atoms with Crippen LogP contribution in [0.15, 0.2) is 24.3 Å². The smallest absolute Gasteiger partial charge is 0.254 e. The molecule has 0 aliphatic carbocycles. The van der Waals surface area contributed by atoms with Gasteiger partial charge < -0.3 is 15.0 Å². The van der Waals surface area contributed by atoms with Gasteiger partial charge in [-0.1, -0.05) is 6.92 Å². The zero-order chi connectivity index (χ0) is 15.8. The number of thioether (sulfide) groups is 1. The number of benzene rings is 1. The van der Waals surface area contributed by atoms with Gasteiger partial charge in [0.15, 0.2) is 0 Å². The zero-order valence-electron chi connectivity index (χ0n) is 12.8. The Balaban J connectivity index is 1.86. The number of nitrogens with zero attached hydrogens (tertiary/aromatic N) is 1. The number of amides is 2. The molecule has 1 aliphatic rings. The van der Waals surface area contributed by atoms with E-state index in [1.54, 1.807) is 40.9 Å². The summed E-state index contributed by atoms with van der Waals surface area (Å²) in [6.07, 6.45) is 1.07. The molecule has 2 rings (SSSR count). The Bertz CT molecular complexity index is 499. The summed E-state index contributed by atoms with van der Waals surface area (Å²) >= 11 is 1.62. The molecule has 120 valence electrons. The lowest BCUT2D eigenvalue weighted by Crippen LogP contribution is -2.40. The molecule has 22 heavy (non-hydrogen) atoms. The van der Waals surface area contributed by atoms with Crippen LogP contribution >= 0.6 is 11.8 Å². The van der Waals surface area contributed by atoms with Crippen LogP contribution in [0.5, 0.6) is 0 Å². The van der Waals surface area contributed by atoms with Gasteiger partial charge >= 0.3 is 0 Å². The van der Waals surface area contributed by atoms with E-state index in [1.807, 2.05) is 0 Å². The van der Waals surface area contributed by atoms with Crippen LogP contribution in [0.4, 0.5) is 5.69 Å². The number of rotatable bonds is 6. The van der Waals surface area contributed by atoms with Gasteiger partial charge in [-0.05, 0) is 36.4 Å². The molecule has 1 aromatic carbocycles. The molecule has 1 fully saturated rings. The third kappa shape index (κ3) is 5.03. The van der Waals surface area contributed by atoms with Crippen molar-refractivity contribution in [3.63, 3.8) is 0 Å². The Labute approximate surface area is 135 Å². The number of carbonyl (C=O) groups excluding carboxylic acids is 2. The molecule has 1 aromatic rings. The Morgan fingerprint density at radius 3 is 2.55 bits per heavy atom. The van der Waals surface area contributed by atoms with Gasteiger partial charge in [0.1, 0.15) is 0 Å². The molecule has 0 radical (unpaired) electrons. The van der Waals surface area contributed by atoms with E-state index in [1.165, 1.54) is 0 Å². The fourth-order valence-electron chi connectivity index (χ4n) is 2.15. The molecular formula is C16H22N2O3S. The molecule has 0 saturated carbocycles. The maximum atomic E-state index is 12.3. The van der Waals surface area contributed by atoms with Gasteiger partial charge in [-0.25, -0.2) is 0 Å². The third-order valence-electron chi connectivity index (χ3n) is 3.30. The van der Waals surface area contributed by atoms with Crippen LogP contribution in [0, 0.1) is 0 Å². The molecule has 1 saturated heterocycles. The lowest BCUT2D eigenvalue weighted by Gasteiger charge is -2.26. The second-order valence-corrected chi connectivity index (χ2v) is 6.19. The topological polar surface area (TPSA) is 58.6 Å². The third-order valence-corrected chi connectivity index (χ3v) is 4.46. The first-order valence-corrected chi connectivity index (χ1v) is 8.71. The Kier molecular flexibility index (Phi) is 6.74. The highest BCUT2D eigenvalue weighted by Gasteiger charge is 2.18. The van der Waals surface area contributed by atoms with Crippen molar-refractivity contribution >= 4 is 29.3 Å². The lowest BCUT2D eigenvalue weighted by atomic mass is 10.1. The second kappa shape index (κ2) is 8.80. The molecule has 0 aromatic heterocycles. The zero-order valence-corrected chi connectivity index (χ0v) is 13.7. The van der Waals surface area contributed by atoms with Gasteiger partial charge in [-0.2, -0.15) is 11.8 Å². The second-order valence-electron chi connectivity index (χ2n) is 5.08. The molecule has 1 N–H and O–H groups in total. The van der Waals surface area contributed by atoms with Gasteiger partial charge in [0, 0.05) is 24.3 Å². The summed E-state index contributed by atoms with van der Waals surface area (Å²) in [5.41, 5.74) is 1.36. The van der Waals surface area contributed by atoms with E-state index in [4.69, 9.17) is 4.74 Å². The van der Waals surface area contributed by atoms with Gasteiger partial charge in [0.25, 0.3) is 5.91 Å². The molecule has 0 bridgehead atoms. The minimum absolute atomic E-state index is 0.00861. The number of hydrogen-bond acceptors (Lipinski definition) is 4. The minimum Gasteiger partial charge on any atom is -0.378 e. The van der Waals surface area contributed by atoms with E-state index < -0.39 is 0 Å². The van der Waals surface area contributed by atoms with Crippen LogP contribution < -0.4 is 5.32 Å². The van der Waals surface area contributed by atoms with E-state index in [0.29, 0.717) is 37.6 Å². The first-order valence-electron chi connectivity index (χ1n) is 7.55. The Hall–Kier alpha value is -1.53. The molecule has 2 amide bonds. The molecular weight excluding hydrogens is 300 g/mol. The van der Waals surface area contributed by atoms with Crippen molar-refractivity contribution in [3.05, 3.63) is 29.8 Å². The predicted molar refractivity (Wildman–Crippen MR) is 89.4 cm³/mol. The van der Waals surface area contributed by atoms with E-state index in [2.05, 4.69) is 12.2 Å². The summed E-state index contributed by atoms with van der Waals surface area (Å²) in [5.74, 6) is 1.45. The molecule has 1 heterocycles. The van der Waals surface area contributed by atoms with Crippen molar-refractivity contribution < 1.29 is 14.3 Å². The molecule has 6 heteroatoms. The highest BCUT2D eigenvalue weighted by atomic mass is 32.2. The monoisotopic (exact) mass is 322 g/mol. The van der Waals surface area contributed by atoms with Gasteiger partial charge in [0.05, 0.1) is 19.0 Å². The normalized spacial score (nSPS) is 14.7. The van der Waals surface area contributed by atoms with Crippen LogP contribution in [0.1, 0.15) is 23.7 Å². The fraction of sp³-hybridized carbons (Fsp3) is 0.500. The van der Waals surface area contributed by atoms with Crippen molar-refractivity contribution in [2.24, 2.45) is 0 Å². The van der Waals surface area contributed by atoms with Crippen molar-refractivity contribution in [1.29, 1.82) is 0 Å². The van der Waals surface area contributed by atoms with Crippen molar-refractivity contribution in [2.75, 3.05) is 43.1 Å². The number of hydrogen-bond donors (Lipinski definition) is 1. The summed E-state index contributed by atoms with van der Waals surface area (Å²) in [5, 5.41) is 2.84. The SMILES string of the molecule is CCCSCC(=O)Nc1ccc(C(=O)N2CCOCC2)cc1. The molecule has 1 aliphatic heterocycles. The summed E-state index contributed by atoms with van der Waals surface area (Å²) < 4.78 is 5.25. The maximum Gasteiger partial charge on any atom is 0.254 e. The number of anilines is 1. The van der Waals surface area contributed by atoms with Crippen LogP contribution in [0.3, 0.4) is 0 Å². The van der Waals surface area contributed by atoms with Gasteiger partial charge in [-0.15, -0.1) is 0 Å². The Morgan fingerprint density at radius 1 is 1.23 bits per heavy atom. The molecule has 0 atom stereocenters. The first kappa shape index (κ1) is 16.8. The number of nitrogens with one attached hydrogen (secondary N) is 1. The maximum absolute atomic E-state index is 12.3. The van der Waals surface area contributed by atoms with Crippen molar-refractivity contribution in [2.45, 2.75) is 13.3 Å². The number of carbonyl (C=O) groups is 2. The number of morpholine rings is 1. The van der Waals surface area contributed by atoms with Crippen LogP contribution in [-0.4, -0.2) is 54.5 Å². The largest absolute Gasteiger partial charge is 0.378 e. The quantitative estimate of drug-likeness (QED) is 0.816. The van der Waals surface area contributed by atoms with Crippen LogP contribution in [0.25, 0.3) is 0 Å². The van der Waals surface area contributed by atoms with Gasteiger partial charge in [-0.3, -0.25) is 9.59 Å². The first-order chi connectivity index (χ1) is 10.7. The van der Waals surface area contributed by atoms with Crippen LogP contribution in [0.2, 0.25) is 0 Å². The van der Waals surface area contributed by atoms with Crippen LogP contribution in [-0.2, 0) is 9.53 Å². The van der Waals surface area contributed by atoms with Crippen molar-refractivity contribution in [3.8, 4) is 0 Å². The van der Waals surface area contributed by atoms with E-state index >= 15 is 0 Å². The molecule has 0 spiro atoms. The number of ether oxygens (including phenoxy) is 1. The standard InChI is InChI=1S/C16H22N2O3S/c1-2-11-22-12-15(19)17-14-5-3-13(4-6-14)16(20)18-7-9-21-10-8-18/h3-6H,2,7-12H2,1H3,(H,17,19). The van der Waals surface area contributed by atoms with E-state index in [0.717, 1.165) is 17.9 Å². The van der Waals surface area contributed by atoms with Crippen molar-refractivity contribution in [1.82, 2.24) is 4.90 Å². The molecule has 0 unspecified atom stereocenters. The summed E-state index contributed by atoms with van der Waals surface area (Å²) in [4.78, 5) is 25.8. The Morgan fingerprint density at radius 2 is 1.91 bits per heavy atom. The fourth-order valence-corrected chi connectivity index (χ4v) is 2.84. The average molecular weight is 322 g/mol. The van der Waals surface area contributed by atoms with E-state index in [-0.39, 0.29) is 11.8 Å². The average Bonchev–Trinajstić information content (AvgIpc) is 2.56. The van der Waals surface area contributed by atoms with Gasteiger partial charge in [0.2, 0.25) is 5.91 Å².